The predicted octanol–water partition coefficient (Wildman–Crippen LogP) is 4.56. The fourth-order valence-electron chi connectivity index (χ4n) is 3.63. The summed E-state index contributed by atoms with van der Waals surface area (Å²) in [6.07, 6.45) is 2.13. The number of ether oxygens (including phenoxy) is 1. The van der Waals surface area contributed by atoms with Gasteiger partial charge in [-0.15, -0.1) is 10.2 Å². The van der Waals surface area contributed by atoms with Crippen LogP contribution in [0.5, 0.6) is 0 Å². The average molecular weight is 470 g/mol. The molecule has 0 spiro atoms. The summed E-state index contributed by atoms with van der Waals surface area (Å²) in [6.45, 7) is 5.89. The van der Waals surface area contributed by atoms with E-state index in [-0.39, 0.29) is 23.6 Å². The summed E-state index contributed by atoms with van der Waals surface area (Å²) in [5, 5.41) is 15.6. The Kier molecular flexibility index (Phi) is 7.61. The van der Waals surface area contributed by atoms with Crippen molar-refractivity contribution in [3.8, 4) is 0 Å². The number of carbonyl (C=O) groups is 1. The zero-order valence-corrected chi connectivity index (χ0v) is 19.6. The highest BCUT2D eigenvalue weighted by Gasteiger charge is 2.21. The highest BCUT2D eigenvalue weighted by atomic mass is 32.2. The molecule has 2 aromatic carbocycles. The molecule has 1 fully saturated rings. The number of amides is 1. The molecule has 0 unspecified atom stereocenters. The summed E-state index contributed by atoms with van der Waals surface area (Å²) in [4.78, 5) is 12.5. The number of nitrogens with zero attached hydrogens (tertiary/aromatic N) is 3. The van der Waals surface area contributed by atoms with Crippen molar-refractivity contribution in [2.45, 2.75) is 51.0 Å². The smallest absolute Gasteiger partial charge is 0.234 e. The number of aryl methyl sites for hydroxylation is 2. The molecule has 2 heterocycles. The molecule has 1 atom stereocenters. The highest BCUT2D eigenvalue weighted by molar-refractivity contribution is 7.99. The van der Waals surface area contributed by atoms with Crippen molar-refractivity contribution in [2.24, 2.45) is 0 Å². The molecule has 1 amide bonds. The lowest BCUT2D eigenvalue weighted by Gasteiger charge is -2.15. The van der Waals surface area contributed by atoms with Gasteiger partial charge in [0, 0.05) is 18.0 Å². The monoisotopic (exact) mass is 469 g/mol. The number of nitrogens with one attached hydrogen (secondary N) is 2. The number of carbonyl (C=O) groups excluding carboxylic acids is 1. The van der Waals surface area contributed by atoms with E-state index in [0.717, 1.165) is 42.2 Å². The summed E-state index contributed by atoms with van der Waals surface area (Å²) < 4.78 is 21.0. The van der Waals surface area contributed by atoms with Crippen LogP contribution in [0, 0.1) is 19.7 Å². The van der Waals surface area contributed by atoms with E-state index >= 15 is 0 Å². The van der Waals surface area contributed by atoms with Gasteiger partial charge in [-0.05, 0) is 74.2 Å². The van der Waals surface area contributed by atoms with E-state index in [9.17, 15) is 9.18 Å². The molecule has 0 saturated carbocycles. The van der Waals surface area contributed by atoms with E-state index in [1.807, 2.05) is 36.6 Å². The summed E-state index contributed by atoms with van der Waals surface area (Å²) in [7, 11) is 0. The summed E-state index contributed by atoms with van der Waals surface area (Å²) in [5.74, 6) is 0.592. The Morgan fingerprint density at radius 2 is 1.94 bits per heavy atom. The molecule has 1 saturated heterocycles. The molecule has 0 bridgehead atoms. The van der Waals surface area contributed by atoms with Crippen molar-refractivity contribution in [2.75, 3.05) is 23.0 Å². The Hall–Kier alpha value is -2.91. The molecule has 33 heavy (non-hydrogen) atoms. The number of thioether (sulfide) groups is 1. The molecule has 0 radical (unpaired) electrons. The van der Waals surface area contributed by atoms with Crippen LogP contribution in [0.3, 0.4) is 0 Å². The normalized spacial score (nSPS) is 15.5. The molecule has 1 aliphatic rings. The van der Waals surface area contributed by atoms with Crippen molar-refractivity contribution in [1.29, 1.82) is 0 Å². The summed E-state index contributed by atoms with van der Waals surface area (Å²) in [5.41, 5.74) is 3.90. The fraction of sp³-hybridized carbons (Fsp3) is 0.375. The minimum absolute atomic E-state index is 0.0964. The predicted molar refractivity (Wildman–Crippen MR) is 128 cm³/mol. The fourth-order valence-corrected chi connectivity index (χ4v) is 4.39. The highest BCUT2D eigenvalue weighted by Crippen LogP contribution is 2.23. The number of hydrogen-bond donors (Lipinski definition) is 2. The topological polar surface area (TPSA) is 81.1 Å². The van der Waals surface area contributed by atoms with Crippen molar-refractivity contribution < 1.29 is 13.9 Å². The number of halogens is 1. The third kappa shape index (κ3) is 6.33. The van der Waals surface area contributed by atoms with Crippen molar-refractivity contribution in [3.05, 3.63) is 65.2 Å². The van der Waals surface area contributed by atoms with Gasteiger partial charge in [-0.3, -0.25) is 4.79 Å². The molecule has 1 aliphatic heterocycles. The van der Waals surface area contributed by atoms with Crippen LogP contribution in [0.4, 0.5) is 15.8 Å². The summed E-state index contributed by atoms with van der Waals surface area (Å²) in [6, 6.07) is 12.1. The molecule has 9 heteroatoms. The van der Waals surface area contributed by atoms with Gasteiger partial charge in [-0.2, -0.15) is 0 Å². The summed E-state index contributed by atoms with van der Waals surface area (Å²) >= 11 is 1.35. The van der Waals surface area contributed by atoms with Gasteiger partial charge in [0.25, 0.3) is 0 Å². The van der Waals surface area contributed by atoms with Crippen molar-refractivity contribution >= 4 is 29.0 Å². The van der Waals surface area contributed by atoms with Gasteiger partial charge in [-0.25, -0.2) is 4.39 Å². The molecule has 2 N–H and O–H groups in total. The number of hydrogen-bond acceptors (Lipinski definition) is 6. The van der Waals surface area contributed by atoms with Crippen LogP contribution < -0.4 is 10.6 Å². The maximum Gasteiger partial charge on any atom is 0.234 e. The van der Waals surface area contributed by atoms with E-state index in [1.165, 1.54) is 29.5 Å². The molecule has 3 aromatic rings. The minimum atomic E-state index is -0.278. The SMILES string of the molecule is Cc1ccc(NC(=O)CSc2nnc(CNc3ccc(F)cc3)n2C[C@@H]2CCCO2)cc1C. The first-order chi connectivity index (χ1) is 16.0. The molecule has 1 aromatic heterocycles. The molecule has 174 valence electrons. The lowest BCUT2D eigenvalue weighted by Crippen LogP contribution is -2.20. The second kappa shape index (κ2) is 10.8. The van der Waals surface area contributed by atoms with Crippen molar-refractivity contribution in [1.82, 2.24) is 14.8 Å². The number of aromatic nitrogens is 3. The third-order valence-corrected chi connectivity index (χ3v) is 6.59. The van der Waals surface area contributed by atoms with E-state index in [1.54, 1.807) is 12.1 Å². The number of benzene rings is 2. The van der Waals surface area contributed by atoms with Gasteiger partial charge in [0.15, 0.2) is 11.0 Å². The van der Waals surface area contributed by atoms with Crippen LogP contribution in [-0.4, -0.2) is 39.1 Å². The Morgan fingerprint density at radius 1 is 1.15 bits per heavy atom. The van der Waals surface area contributed by atoms with Crippen LogP contribution in [-0.2, 0) is 22.6 Å². The van der Waals surface area contributed by atoms with Crippen LogP contribution in [0.25, 0.3) is 0 Å². The quantitative estimate of drug-likeness (QED) is 0.448. The lowest BCUT2D eigenvalue weighted by atomic mass is 10.1. The van der Waals surface area contributed by atoms with Gasteiger partial charge in [0.05, 0.1) is 24.9 Å². The second-order valence-electron chi connectivity index (χ2n) is 8.14. The van der Waals surface area contributed by atoms with Gasteiger partial charge in [0.1, 0.15) is 5.82 Å². The Balaban J connectivity index is 1.41. The van der Waals surface area contributed by atoms with E-state index in [4.69, 9.17) is 4.74 Å². The van der Waals surface area contributed by atoms with E-state index in [0.29, 0.717) is 18.2 Å². The standard InChI is InChI=1S/C24H28FN5O2S/c1-16-5-8-20(12-17(16)2)27-23(31)15-33-24-29-28-22(30(24)14-21-4-3-11-32-21)13-26-19-9-6-18(25)7-10-19/h5-10,12,21,26H,3-4,11,13-15H2,1-2H3,(H,27,31)/t21-/m0/s1. The van der Waals surface area contributed by atoms with Gasteiger partial charge >= 0.3 is 0 Å². The average Bonchev–Trinajstić information content (AvgIpc) is 3.45. The van der Waals surface area contributed by atoms with Crippen LogP contribution in [0.15, 0.2) is 47.6 Å². The molecule has 0 aliphatic carbocycles. The number of rotatable bonds is 9. The Morgan fingerprint density at radius 3 is 2.67 bits per heavy atom. The van der Waals surface area contributed by atoms with Gasteiger partial charge < -0.3 is 19.9 Å². The maximum absolute atomic E-state index is 13.2. The second-order valence-corrected chi connectivity index (χ2v) is 9.08. The van der Waals surface area contributed by atoms with Crippen molar-refractivity contribution in [3.63, 3.8) is 0 Å². The van der Waals surface area contributed by atoms with Crippen LogP contribution in [0.1, 0.15) is 29.8 Å². The van der Waals surface area contributed by atoms with Gasteiger partial charge in [0.2, 0.25) is 5.91 Å². The molecular formula is C24H28FN5O2S. The first-order valence-electron chi connectivity index (χ1n) is 11.0. The van der Waals surface area contributed by atoms with Crippen LogP contribution in [0.2, 0.25) is 0 Å². The number of anilines is 2. The largest absolute Gasteiger partial charge is 0.378 e. The minimum Gasteiger partial charge on any atom is -0.378 e. The molecular weight excluding hydrogens is 441 g/mol. The van der Waals surface area contributed by atoms with E-state index < -0.39 is 0 Å². The molecule has 7 nitrogen and oxygen atoms in total. The van der Waals surface area contributed by atoms with Crippen LogP contribution >= 0.6 is 11.8 Å². The Bertz CT molecular complexity index is 1100. The molecule has 4 rings (SSSR count). The van der Waals surface area contributed by atoms with Gasteiger partial charge in [-0.1, -0.05) is 17.8 Å². The first-order valence-corrected chi connectivity index (χ1v) is 12.0. The third-order valence-electron chi connectivity index (χ3n) is 5.62. The zero-order valence-electron chi connectivity index (χ0n) is 18.8. The zero-order chi connectivity index (χ0) is 23.2. The van der Waals surface area contributed by atoms with E-state index in [2.05, 4.69) is 20.8 Å². The lowest BCUT2D eigenvalue weighted by molar-refractivity contribution is -0.113. The first kappa shape index (κ1) is 23.3. The maximum atomic E-state index is 13.2. The Labute approximate surface area is 197 Å².